The van der Waals surface area contributed by atoms with Crippen LogP contribution in [0.15, 0.2) is 0 Å². The second kappa shape index (κ2) is 5.17. The van der Waals surface area contributed by atoms with Crippen LogP contribution in [0.4, 0.5) is 0 Å². The highest BCUT2D eigenvalue weighted by molar-refractivity contribution is 5.79. The van der Waals surface area contributed by atoms with Gasteiger partial charge in [-0.3, -0.25) is 9.69 Å². The van der Waals surface area contributed by atoms with Gasteiger partial charge in [0.2, 0.25) is 0 Å². The molecule has 0 aromatic heterocycles. The molecular formula is C12H19NO. The maximum absolute atomic E-state index is 11.2. The maximum Gasteiger partial charge on any atom is 0.135 e. The topological polar surface area (TPSA) is 20.3 Å². The minimum atomic E-state index is 0.370. The third-order valence-corrected chi connectivity index (χ3v) is 3.03. The van der Waals surface area contributed by atoms with Gasteiger partial charge in [0.15, 0.2) is 0 Å². The van der Waals surface area contributed by atoms with E-state index < -0.39 is 0 Å². The largest absolute Gasteiger partial charge is 0.300 e. The number of ketones is 1. The Balaban J connectivity index is 2.57. The molecule has 0 aliphatic carbocycles. The molecule has 0 bridgehead atoms. The fourth-order valence-corrected chi connectivity index (χ4v) is 2.20. The Hall–Kier alpha value is -0.810. The van der Waals surface area contributed by atoms with Gasteiger partial charge in [0, 0.05) is 37.9 Å². The fourth-order valence-electron chi connectivity index (χ4n) is 2.20. The van der Waals surface area contributed by atoms with Crippen molar-refractivity contribution in [2.75, 3.05) is 6.54 Å². The molecule has 78 valence electrons. The van der Waals surface area contributed by atoms with Crippen LogP contribution in [0.3, 0.4) is 0 Å². The summed E-state index contributed by atoms with van der Waals surface area (Å²) in [6.45, 7) is 5.17. The van der Waals surface area contributed by atoms with Gasteiger partial charge >= 0.3 is 0 Å². The molecule has 0 radical (unpaired) electrons. The van der Waals surface area contributed by atoms with Gasteiger partial charge in [-0.25, -0.2) is 0 Å². The van der Waals surface area contributed by atoms with Crippen LogP contribution >= 0.6 is 0 Å². The van der Waals surface area contributed by atoms with E-state index in [1.165, 1.54) is 0 Å². The second-order valence-electron chi connectivity index (χ2n) is 4.05. The third-order valence-electron chi connectivity index (χ3n) is 3.03. The lowest BCUT2D eigenvalue weighted by molar-refractivity contribution is -0.123. The predicted molar refractivity (Wildman–Crippen MR) is 57.9 cm³/mol. The Labute approximate surface area is 86.7 Å². The number of Topliss-reactive ketones (excluding diaryl/α,β-unsaturated/α-hetero) is 1. The van der Waals surface area contributed by atoms with Crippen molar-refractivity contribution in [1.29, 1.82) is 0 Å². The molecule has 1 aliphatic heterocycles. The molecule has 1 fully saturated rings. The monoisotopic (exact) mass is 193 g/mol. The zero-order valence-corrected chi connectivity index (χ0v) is 9.12. The van der Waals surface area contributed by atoms with E-state index in [9.17, 15) is 4.79 Å². The molecule has 1 aliphatic rings. The number of rotatable bonds is 3. The van der Waals surface area contributed by atoms with E-state index in [0.717, 1.165) is 19.4 Å². The quantitative estimate of drug-likeness (QED) is 0.637. The summed E-state index contributed by atoms with van der Waals surface area (Å²) < 4.78 is 0. The first-order valence-electron chi connectivity index (χ1n) is 5.40. The average Bonchev–Trinajstić information content (AvgIpc) is 2.15. The molecule has 0 spiro atoms. The highest BCUT2D eigenvalue weighted by Crippen LogP contribution is 2.20. The number of terminal acetylenes is 1. The summed E-state index contributed by atoms with van der Waals surface area (Å²) in [5.41, 5.74) is 0. The van der Waals surface area contributed by atoms with Crippen molar-refractivity contribution in [3.63, 3.8) is 0 Å². The molecule has 0 saturated carbocycles. The van der Waals surface area contributed by atoms with Crippen molar-refractivity contribution >= 4 is 5.78 Å². The molecule has 1 saturated heterocycles. The van der Waals surface area contributed by atoms with Crippen LogP contribution in [-0.4, -0.2) is 29.3 Å². The lowest BCUT2D eigenvalue weighted by Gasteiger charge is -2.38. The van der Waals surface area contributed by atoms with Gasteiger partial charge < -0.3 is 0 Å². The van der Waals surface area contributed by atoms with Crippen LogP contribution in [0.25, 0.3) is 0 Å². The zero-order chi connectivity index (χ0) is 10.6. The summed E-state index contributed by atoms with van der Waals surface area (Å²) in [6, 6.07) is 0.831. The van der Waals surface area contributed by atoms with E-state index in [4.69, 9.17) is 6.42 Å². The Morgan fingerprint density at radius 3 is 2.93 bits per heavy atom. The van der Waals surface area contributed by atoms with Crippen molar-refractivity contribution in [2.45, 2.75) is 51.6 Å². The smallest absolute Gasteiger partial charge is 0.135 e. The van der Waals surface area contributed by atoms with Crippen LogP contribution in [0.5, 0.6) is 0 Å². The van der Waals surface area contributed by atoms with Crippen molar-refractivity contribution in [1.82, 2.24) is 4.90 Å². The first kappa shape index (κ1) is 11.3. The van der Waals surface area contributed by atoms with Crippen molar-refractivity contribution in [2.24, 2.45) is 0 Å². The van der Waals surface area contributed by atoms with Gasteiger partial charge in [0.25, 0.3) is 0 Å². The van der Waals surface area contributed by atoms with Crippen LogP contribution in [-0.2, 0) is 4.79 Å². The summed E-state index contributed by atoms with van der Waals surface area (Å²) in [6.07, 6.45) is 8.61. The fraction of sp³-hybridized carbons (Fsp3) is 0.750. The number of nitrogens with zero attached hydrogens (tertiary/aromatic N) is 1. The summed E-state index contributed by atoms with van der Waals surface area (Å²) in [7, 11) is 0. The highest BCUT2D eigenvalue weighted by Gasteiger charge is 2.27. The van der Waals surface area contributed by atoms with E-state index in [1.54, 1.807) is 0 Å². The molecule has 0 aromatic carbocycles. The number of carbonyl (C=O) groups is 1. The van der Waals surface area contributed by atoms with Gasteiger partial charge in [-0.15, -0.1) is 12.3 Å². The number of piperidine rings is 1. The number of hydrogen-bond donors (Lipinski definition) is 0. The molecule has 2 heteroatoms. The molecule has 0 aromatic rings. The highest BCUT2D eigenvalue weighted by atomic mass is 16.1. The van der Waals surface area contributed by atoms with Crippen LogP contribution in [0, 0.1) is 12.3 Å². The van der Waals surface area contributed by atoms with Gasteiger partial charge in [-0.2, -0.15) is 0 Å². The van der Waals surface area contributed by atoms with E-state index in [-0.39, 0.29) is 0 Å². The van der Waals surface area contributed by atoms with Gasteiger partial charge in [-0.1, -0.05) is 6.92 Å². The molecule has 1 rings (SSSR count). The Morgan fingerprint density at radius 1 is 1.71 bits per heavy atom. The van der Waals surface area contributed by atoms with Gasteiger partial charge in [0.1, 0.15) is 5.78 Å². The lowest BCUT2D eigenvalue weighted by Crippen LogP contribution is -2.46. The minimum absolute atomic E-state index is 0.370. The standard InChI is InChI=1S/C12H19NO/c1-4-6-11(5-2)13-8-7-12(14)9-10(13)3/h1,10-11H,5-9H2,2-3H3. The van der Waals surface area contributed by atoms with Crippen LogP contribution < -0.4 is 0 Å². The maximum atomic E-state index is 11.2. The molecule has 2 atom stereocenters. The third kappa shape index (κ3) is 2.59. The van der Waals surface area contributed by atoms with E-state index >= 15 is 0 Å². The van der Waals surface area contributed by atoms with E-state index in [2.05, 4.69) is 24.7 Å². The minimum Gasteiger partial charge on any atom is -0.300 e. The van der Waals surface area contributed by atoms with Crippen molar-refractivity contribution < 1.29 is 4.79 Å². The number of carbonyl (C=O) groups excluding carboxylic acids is 1. The molecule has 0 amide bonds. The summed E-state index contributed by atoms with van der Waals surface area (Å²) in [4.78, 5) is 13.6. The molecular weight excluding hydrogens is 174 g/mol. The summed E-state index contributed by atoms with van der Waals surface area (Å²) >= 11 is 0. The zero-order valence-electron chi connectivity index (χ0n) is 9.12. The number of hydrogen-bond acceptors (Lipinski definition) is 2. The second-order valence-corrected chi connectivity index (χ2v) is 4.05. The average molecular weight is 193 g/mol. The lowest BCUT2D eigenvalue weighted by atomic mass is 9.98. The molecule has 2 nitrogen and oxygen atoms in total. The summed E-state index contributed by atoms with van der Waals surface area (Å²) in [5.74, 6) is 3.11. The Kier molecular flexibility index (Phi) is 4.16. The predicted octanol–water partition coefficient (Wildman–Crippen LogP) is 1.84. The molecule has 0 N–H and O–H groups in total. The first-order chi connectivity index (χ1) is 6.69. The van der Waals surface area contributed by atoms with Gasteiger partial charge in [-0.05, 0) is 13.3 Å². The number of likely N-dealkylation sites (tertiary alicyclic amines) is 1. The normalized spacial score (nSPS) is 25.8. The summed E-state index contributed by atoms with van der Waals surface area (Å²) in [5, 5.41) is 0. The van der Waals surface area contributed by atoms with E-state index in [0.29, 0.717) is 30.7 Å². The molecule has 2 unspecified atom stereocenters. The van der Waals surface area contributed by atoms with Crippen LogP contribution in [0.2, 0.25) is 0 Å². The molecule has 14 heavy (non-hydrogen) atoms. The first-order valence-corrected chi connectivity index (χ1v) is 5.40. The van der Waals surface area contributed by atoms with Crippen molar-refractivity contribution in [3.8, 4) is 12.3 Å². The van der Waals surface area contributed by atoms with Crippen molar-refractivity contribution in [3.05, 3.63) is 0 Å². The van der Waals surface area contributed by atoms with Crippen LogP contribution in [0.1, 0.15) is 39.5 Å². The van der Waals surface area contributed by atoms with E-state index in [1.807, 2.05) is 0 Å². The molecule has 1 heterocycles. The van der Waals surface area contributed by atoms with Gasteiger partial charge in [0.05, 0.1) is 0 Å². The SMILES string of the molecule is C#CCC(CC)N1CCC(=O)CC1C. The Morgan fingerprint density at radius 2 is 2.43 bits per heavy atom. The Bertz CT molecular complexity index is 241.